The first-order valence-corrected chi connectivity index (χ1v) is 6.45. The van der Waals surface area contributed by atoms with Crippen LogP contribution in [0.15, 0.2) is 48.5 Å². The van der Waals surface area contributed by atoms with E-state index >= 15 is 0 Å². The standard InChI is InChI=1S/C16H20N2O/c1-12(2)17-13-4-6-14(7-5-13)18-15-8-10-16(19-3)11-9-15/h4-12,17-18H,1-3H3. The highest BCUT2D eigenvalue weighted by atomic mass is 16.5. The largest absolute Gasteiger partial charge is 0.497 e. The van der Waals surface area contributed by atoms with E-state index in [1.165, 1.54) is 0 Å². The first-order chi connectivity index (χ1) is 9.17. The summed E-state index contributed by atoms with van der Waals surface area (Å²) in [6, 6.07) is 16.6. The predicted molar refractivity (Wildman–Crippen MR) is 81.5 cm³/mol. The van der Waals surface area contributed by atoms with Crippen LogP contribution in [0, 0.1) is 0 Å². The van der Waals surface area contributed by atoms with Gasteiger partial charge in [-0.1, -0.05) is 0 Å². The summed E-state index contributed by atoms with van der Waals surface area (Å²) in [5.41, 5.74) is 3.25. The Labute approximate surface area is 114 Å². The van der Waals surface area contributed by atoms with Crippen molar-refractivity contribution in [2.75, 3.05) is 17.7 Å². The minimum atomic E-state index is 0.445. The van der Waals surface area contributed by atoms with Gasteiger partial charge in [0, 0.05) is 23.1 Å². The molecule has 0 saturated carbocycles. The lowest BCUT2D eigenvalue weighted by molar-refractivity contribution is 0.415. The number of ether oxygens (including phenoxy) is 1. The molecule has 0 aliphatic rings. The second kappa shape index (κ2) is 6.14. The van der Waals surface area contributed by atoms with E-state index in [9.17, 15) is 0 Å². The molecule has 0 aliphatic carbocycles. The van der Waals surface area contributed by atoms with E-state index in [1.807, 2.05) is 24.3 Å². The SMILES string of the molecule is COc1ccc(Nc2ccc(NC(C)C)cc2)cc1. The van der Waals surface area contributed by atoms with Gasteiger partial charge in [-0.15, -0.1) is 0 Å². The van der Waals surface area contributed by atoms with Gasteiger partial charge in [0.1, 0.15) is 5.75 Å². The number of nitrogens with one attached hydrogen (secondary N) is 2. The summed E-state index contributed by atoms with van der Waals surface area (Å²) in [7, 11) is 1.67. The second-order valence-corrected chi connectivity index (χ2v) is 4.73. The van der Waals surface area contributed by atoms with E-state index in [0.717, 1.165) is 22.8 Å². The van der Waals surface area contributed by atoms with E-state index in [0.29, 0.717) is 6.04 Å². The highest BCUT2D eigenvalue weighted by Gasteiger charge is 1.98. The highest BCUT2D eigenvalue weighted by molar-refractivity contribution is 5.63. The van der Waals surface area contributed by atoms with Crippen LogP contribution >= 0.6 is 0 Å². The van der Waals surface area contributed by atoms with Gasteiger partial charge in [-0.05, 0) is 62.4 Å². The third-order valence-corrected chi connectivity index (χ3v) is 2.72. The molecule has 3 heteroatoms. The van der Waals surface area contributed by atoms with E-state index < -0.39 is 0 Å². The monoisotopic (exact) mass is 256 g/mol. The fraction of sp³-hybridized carbons (Fsp3) is 0.250. The van der Waals surface area contributed by atoms with Crippen molar-refractivity contribution in [2.45, 2.75) is 19.9 Å². The van der Waals surface area contributed by atoms with Crippen molar-refractivity contribution in [1.82, 2.24) is 0 Å². The van der Waals surface area contributed by atoms with Crippen LogP contribution in [-0.4, -0.2) is 13.2 Å². The molecular weight excluding hydrogens is 236 g/mol. The van der Waals surface area contributed by atoms with Gasteiger partial charge >= 0.3 is 0 Å². The van der Waals surface area contributed by atoms with Crippen molar-refractivity contribution >= 4 is 17.1 Å². The molecule has 100 valence electrons. The Hall–Kier alpha value is -2.16. The molecular formula is C16H20N2O. The molecule has 0 aromatic heterocycles. The zero-order chi connectivity index (χ0) is 13.7. The summed E-state index contributed by atoms with van der Waals surface area (Å²) in [4.78, 5) is 0. The minimum absolute atomic E-state index is 0.445. The Bertz CT molecular complexity index is 503. The molecule has 3 nitrogen and oxygen atoms in total. The van der Waals surface area contributed by atoms with Gasteiger partial charge in [-0.25, -0.2) is 0 Å². The third-order valence-electron chi connectivity index (χ3n) is 2.72. The number of rotatable bonds is 5. The maximum atomic E-state index is 5.14. The lowest BCUT2D eigenvalue weighted by atomic mass is 10.2. The first kappa shape index (κ1) is 13.3. The predicted octanol–water partition coefficient (Wildman–Crippen LogP) is 4.26. The highest BCUT2D eigenvalue weighted by Crippen LogP contribution is 2.21. The molecule has 0 aliphatic heterocycles. The summed E-state index contributed by atoms with van der Waals surface area (Å²) in [5.74, 6) is 0.863. The fourth-order valence-corrected chi connectivity index (χ4v) is 1.82. The molecule has 0 radical (unpaired) electrons. The summed E-state index contributed by atoms with van der Waals surface area (Å²) in [5, 5.41) is 6.72. The average molecular weight is 256 g/mol. The van der Waals surface area contributed by atoms with Crippen molar-refractivity contribution in [3.05, 3.63) is 48.5 Å². The second-order valence-electron chi connectivity index (χ2n) is 4.73. The van der Waals surface area contributed by atoms with Crippen LogP contribution < -0.4 is 15.4 Å². The Morgan fingerprint density at radius 1 is 0.789 bits per heavy atom. The van der Waals surface area contributed by atoms with Gasteiger partial charge in [0.25, 0.3) is 0 Å². The summed E-state index contributed by atoms with van der Waals surface area (Å²) < 4.78 is 5.14. The number of hydrogen-bond donors (Lipinski definition) is 2. The molecule has 19 heavy (non-hydrogen) atoms. The van der Waals surface area contributed by atoms with E-state index in [2.05, 4.69) is 48.7 Å². The molecule has 2 aromatic rings. The van der Waals surface area contributed by atoms with Crippen molar-refractivity contribution in [3.63, 3.8) is 0 Å². The van der Waals surface area contributed by atoms with E-state index in [4.69, 9.17) is 4.74 Å². The number of methoxy groups -OCH3 is 1. The first-order valence-electron chi connectivity index (χ1n) is 6.45. The Balaban J connectivity index is 2.02. The van der Waals surface area contributed by atoms with E-state index in [-0.39, 0.29) is 0 Å². The van der Waals surface area contributed by atoms with Crippen LogP contribution in [0.25, 0.3) is 0 Å². The normalized spacial score (nSPS) is 10.3. The van der Waals surface area contributed by atoms with E-state index in [1.54, 1.807) is 7.11 Å². The van der Waals surface area contributed by atoms with Crippen LogP contribution in [0.5, 0.6) is 5.75 Å². The maximum Gasteiger partial charge on any atom is 0.119 e. The van der Waals surface area contributed by atoms with Crippen LogP contribution in [0.4, 0.5) is 17.1 Å². The quantitative estimate of drug-likeness (QED) is 0.838. The molecule has 0 heterocycles. The minimum Gasteiger partial charge on any atom is -0.497 e. The number of benzene rings is 2. The molecule has 0 amide bonds. The molecule has 0 atom stereocenters. The summed E-state index contributed by atoms with van der Waals surface area (Å²) >= 11 is 0. The van der Waals surface area contributed by atoms with Crippen molar-refractivity contribution in [1.29, 1.82) is 0 Å². The molecule has 0 saturated heterocycles. The molecule has 0 fully saturated rings. The van der Waals surface area contributed by atoms with Gasteiger partial charge in [0.05, 0.1) is 7.11 Å². The van der Waals surface area contributed by atoms with Gasteiger partial charge in [0.15, 0.2) is 0 Å². The van der Waals surface area contributed by atoms with Gasteiger partial charge in [-0.3, -0.25) is 0 Å². The van der Waals surface area contributed by atoms with Crippen molar-refractivity contribution in [2.24, 2.45) is 0 Å². The van der Waals surface area contributed by atoms with Crippen LogP contribution in [-0.2, 0) is 0 Å². The zero-order valence-corrected chi connectivity index (χ0v) is 11.6. The fourth-order valence-electron chi connectivity index (χ4n) is 1.82. The Morgan fingerprint density at radius 2 is 1.26 bits per heavy atom. The summed E-state index contributed by atoms with van der Waals surface area (Å²) in [6.07, 6.45) is 0. The maximum absolute atomic E-state index is 5.14. The summed E-state index contributed by atoms with van der Waals surface area (Å²) in [6.45, 7) is 4.26. The van der Waals surface area contributed by atoms with Gasteiger partial charge < -0.3 is 15.4 Å². The Kier molecular flexibility index (Phi) is 4.29. The molecule has 2 N–H and O–H groups in total. The van der Waals surface area contributed by atoms with Gasteiger partial charge in [0.2, 0.25) is 0 Å². The van der Waals surface area contributed by atoms with Gasteiger partial charge in [-0.2, -0.15) is 0 Å². The third kappa shape index (κ3) is 3.91. The molecule has 2 aromatic carbocycles. The van der Waals surface area contributed by atoms with Crippen LogP contribution in [0.2, 0.25) is 0 Å². The average Bonchev–Trinajstić information content (AvgIpc) is 2.41. The number of anilines is 3. The molecule has 0 unspecified atom stereocenters. The molecule has 2 rings (SSSR count). The zero-order valence-electron chi connectivity index (χ0n) is 11.6. The lowest BCUT2D eigenvalue weighted by Crippen LogP contribution is -2.09. The molecule has 0 spiro atoms. The lowest BCUT2D eigenvalue weighted by Gasteiger charge is -2.11. The molecule has 0 bridgehead atoms. The van der Waals surface area contributed by atoms with Crippen LogP contribution in [0.3, 0.4) is 0 Å². The van der Waals surface area contributed by atoms with Crippen molar-refractivity contribution in [3.8, 4) is 5.75 Å². The van der Waals surface area contributed by atoms with Crippen molar-refractivity contribution < 1.29 is 4.74 Å². The Morgan fingerprint density at radius 3 is 1.74 bits per heavy atom. The number of hydrogen-bond acceptors (Lipinski definition) is 3. The smallest absolute Gasteiger partial charge is 0.119 e. The topological polar surface area (TPSA) is 33.3 Å². The van der Waals surface area contributed by atoms with Crippen LogP contribution in [0.1, 0.15) is 13.8 Å².